The van der Waals surface area contributed by atoms with Gasteiger partial charge in [0.15, 0.2) is 5.16 Å². The summed E-state index contributed by atoms with van der Waals surface area (Å²) in [5.41, 5.74) is 2.08. The van der Waals surface area contributed by atoms with Crippen LogP contribution in [-0.2, 0) is 11.8 Å². The lowest BCUT2D eigenvalue weighted by Crippen LogP contribution is -2.22. The van der Waals surface area contributed by atoms with Crippen molar-refractivity contribution in [1.29, 1.82) is 0 Å². The van der Waals surface area contributed by atoms with Crippen LogP contribution >= 0.6 is 11.8 Å². The van der Waals surface area contributed by atoms with Crippen LogP contribution in [0.4, 0.5) is 0 Å². The molecule has 0 aliphatic heterocycles. The van der Waals surface area contributed by atoms with E-state index in [9.17, 15) is 9.90 Å². The first-order valence-electron chi connectivity index (χ1n) is 5.79. The highest BCUT2D eigenvalue weighted by atomic mass is 32.2. The summed E-state index contributed by atoms with van der Waals surface area (Å²) in [4.78, 5) is 10.4. The van der Waals surface area contributed by atoms with Crippen LogP contribution in [0, 0.1) is 0 Å². The number of carbonyl (C=O) groups is 1. The van der Waals surface area contributed by atoms with Crippen LogP contribution in [0.3, 0.4) is 0 Å². The molecule has 7 heteroatoms. The summed E-state index contributed by atoms with van der Waals surface area (Å²) in [6.45, 7) is 0. The summed E-state index contributed by atoms with van der Waals surface area (Å²) in [6.07, 6.45) is 0.00431. The average molecular weight is 275 g/mol. The molecule has 98 valence electrons. The molecule has 2 aromatic heterocycles. The van der Waals surface area contributed by atoms with Crippen LogP contribution in [0.1, 0.15) is 6.42 Å². The van der Waals surface area contributed by atoms with E-state index in [2.05, 4.69) is 10.2 Å². The van der Waals surface area contributed by atoms with Gasteiger partial charge in [-0.05, 0) is 18.6 Å². The molecule has 0 atom stereocenters. The fraction of sp³-hybridized carbons (Fsp3) is 0.250. The maximum Gasteiger partial charge on any atom is 0.236 e. The third-order valence-electron chi connectivity index (χ3n) is 2.94. The molecule has 0 saturated carbocycles. The lowest BCUT2D eigenvalue weighted by Gasteiger charge is -2.00. The normalized spacial score (nSPS) is 11.4. The summed E-state index contributed by atoms with van der Waals surface area (Å²) >= 11 is 1.37. The van der Waals surface area contributed by atoms with Gasteiger partial charge in [-0.3, -0.25) is 4.40 Å². The number of imidazole rings is 1. The maximum absolute atomic E-state index is 10.4. The van der Waals surface area contributed by atoms with E-state index in [0.717, 1.165) is 16.8 Å². The van der Waals surface area contributed by atoms with E-state index in [1.165, 1.54) is 11.8 Å². The number of rotatable bonds is 4. The topological polar surface area (TPSA) is 75.2 Å². The number of hydrogen-bond acceptors (Lipinski definition) is 5. The van der Waals surface area contributed by atoms with Crippen molar-refractivity contribution in [1.82, 2.24) is 19.2 Å². The number of aliphatic carboxylic acids is 1. The number of nitrogens with zero attached hydrogens (tertiary/aromatic N) is 4. The highest BCUT2D eigenvalue weighted by Crippen LogP contribution is 2.24. The Kier molecular flexibility index (Phi) is 2.90. The fourth-order valence-electron chi connectivity index (χ4n) is 2.05. The molecule has 0 N–H and O–H groups in total. The van der Waals surface area contributed by atoms with E-state index in [1.54, 1.807) is 0 Å². The number of carboxylic acids is 1. The van der Waals surface area contributed by atoms with Crippen LogP contribution in [0.5, 0.6) is 0 Å². The molecular weight excluding hydrogens is 264 g/mol. The molecule has 0 amide bonds. The van der Waals surface area contributed by atoms with Crippen molar-refractivity contribution in [2.45, 2.75) is 11.6 Å². The molecule has 19 heavy (non-hydrogen) atoms. The van der Waals surface area contributed by atoms with Crippen molar-refractivity contribution in [3.05, 3.63) is 24.3 Å². The van der Waals surface area contributed by atoms with Crippen LogP contribution < -0.4 is 5.11 Å². The molecule has 2 heterocycles. The summed E-state index contributed by atoms with van der Waals surface area (Å²) in [5.74, 6) is 0.120. The molecule has 3 aromatic rings. The van der Waals surface area contributed by atoms with Crippen LogP contribution in [-0.4, -0.2) is 30.9 Å². The predicted molar refractivity (Wildman–Crippen MR) is 69.8 cm³/mol. The van der Waals surface area contributed by atoms with Crippen LogP contribution in [0.2, 0.25) is 0 Å². The van der Waals surface area contributed by atoms with E-state index in [4.69, 9.17) is 0 Å². The van der Waals surface area contributed by atoms with Crippen LogP contribution in [0.25, 0.3) is 16.8 Å². The van der Waals surface area contributed by atoms with Gasteiger partial charge < -0.3 is 14.5 Å². The largest absolute Gasteiger partial charge is 0.550 e. The van der Waals surface area contributed by atoms with Gasteiger partial charge in [0.05, 0.1) is 11.0 Å². The van der Waals surface area contributed by atoms with Gasteiger partial charge in [-0.2, -0.15) is 0 Å². The van der Waals surface area contributed by atoms with E-state index >= 15 is 0 Å². The van der Waals surface area contributed by atoms with E-state index in [0.29, 0.717) is 10.9 Å². The molecule has 0 unspecified atom stereocenters. The highest BCUT2D eigenvalue weighted by molar-refractivity contribution is 7.99. The number of para-hydroxylation sites is 2. The Labute approximate surface area is 113 Å². The molecule has 0 aliphatic carbocycles. The summed E-state index contributed by atoms with van der Waals surface area (Å²) in [6, 6.07) is 7.93. The number of thioether (sulfide) groups is 1. The van der Waals surface area contributed by atoms with Gasteiger partial charge in [0, 0.05) is 18.8 Å². The molecule has 0 aliphatic rings. The predicted octanol–water partition coefficient (Wildman–Crippen LogP) is 0.453. The minimum atomic E-state index is -1.05. The standard InChI is InChI=1S/C12H12N4O2S/c1-15-8-4-2-3-5-9(8)16-11(15)13-14-12(16)19-7-6-10(17)18/h2-5H,6-7H2,1H3,(H,17,18)/p-1. The minimum absolute atomic E-state index is 0.00431. The Hall–Kier alpha value is -2.02. The monoisotopic (exact) mass is 275 g/mol. The lowest BCUT2D eigenvalue weighted by molar-refractivity contribution is -0.305. The molecule has 0 spiro atoms. The van der Waals surface area contributed by atoms with Gasteiger partial charge in [-0.1, -0.05) is 23.9 Å². The van der Waals surface area contributed by atoms with Gasteiger partial charge >= 0.3 is 0 Å². The highest BCUT2D eigenvalue weighted by Gasteiger charge is 2.14. The Morgan fingerprint density at radius 3 is 2.79 bits per heavy atom. The molecule has 0 fully saturated rings. The summed E-state index contributed by atoms with van der Waals surface area (Å²) in [7, 11) is 1.93. The number of hydrogen-bond donors (Lipinski definition) is 0. The molecule has 0 saturated heterocycles. The maximum atomic E-state index is 10.4. The minimum Gasteiger partial charge on any atom is -0.550 e. The lowest BCUT2D eigenvalue weighted by atomic mass is 10.3. The quantitative estimate of drug-likeness (QED) is 0.646. The Balaban J connectivity index is 2.06. The molecule has 3 rings (SSSR count). The number of fused-ring (bicyclic) bond motifs is 3. The van der Waals surface area contributed by atoms with Crippen molar-refractivity contribution in [2.75, 3.05) is 5.75 Å². The zero-order valence-electron chi connectivity index (χ0n) is 10.2. The van der Waals surface area contributed by atoms with Gasteiger partial charge in [0.25, 0.3) is 0 Å². The van der Waals surface area contributed by atoms with E-state index in [1.807, 2.05) is 40.3 Å². The Morgan fingerprint density at radius 1 is 1.32 bits per heavy atom. The number of benzene rings is 1. The van der Waals surface area contributed by atoms with Gasteiger partial charge in [0.2, 0.25) is 5.78 Å². The first-order chi connectivity index (χ1) is 9.18. The van der Waals surface area contributed by atoms with E-state index in [-0.39, 0.29) is 6.42 Å². The first-order valence-corrected chi connectivity index (χ1v) is 6.78. The second kappa shape index (κ2) is 4.58. The number of carboxylic acid groups (broad SMARTS) is 1. The van der Waals surface area contributed by atoms with Crippen molar-refractivity contribution < 1.29 is 9.90 Å². The smallest absolute Gasteiger partial charge is 0.236 e. The molecule has 0 bridgehead atoms. The zero-order chi connectivity index (χ0) is 13.4. The van der Waals surface area contributed by atoms with Gasteiger partial charge in [-0.15, -0.1) is 10.2 Å². The third kappa shape index (κ3) is 1.95. The van der Waals surface area contributed by atoms with Gasteiger partial charge in [0.1, 0.15) is 0 Å². The van der Waals surface area contributed by atoms with E-state index < -0.39 is 5.97 Å². The average Bonchev–Trinajstić information content (AvgIpc) is 2.92. The second-order valence-corrected chi connectivity index (χ2v) is 5.20. The molecule has 1 aromatic carbocycles. The molecule has 6 nitrogen and oxygen atoms in total. The van der Waals surface area contributed by atoms with Crippen LogP contribution in [0.15, 0.2) is 29.4 Å². The fourth-order valence-corrected chi connectivity index (χ4v) is 2.91. The van der Waals surface area contributed by atoms with Gasteiger partial charge in [-0.25, -0.2) is 0 Å². The first kappa shape index (κ1) is 12.0. The summed E-state index contributed by atoms with van der Waals surface area (Å²) in [5, 5.41) is 19.4. The summed E-state index contributed by atoms with van der Waals surface area (Å²) < 4.78 is 3.90. The molecule has 0 radical (unpaired) electrons. The second-order valence-electron chi connectivity index (χ2n) is 4.14. The number of carbonyl (C=O) groups excluding carboxylic acids is 1. The number of aromatic nitrogens is 4. The van der Waals surface area contributed by atoms with Crippen molar-refractivity contribution >= 4 is 34.5 Å². The van der Waals surface area contributed by atoms with Crippen molar-refractivity contribution in [3.63, 3.8) is 0 Å². The van der Waals surface area contributed by atoms with Crippen molar-refractivity contribution in [2.24, 2.45) is 7.05 Å². The van der Waals surface area contributed by atoms with Crippen molar-refractivity contribution in [3.8, 4) is 0 Å². The SMILES string of the molecule is Cn1c2ccccc2n2c(SCCC(=O)[O-])nnc12. The zero-order valence-corrected chi connectivity index (χ0v) is 11.1. The Morgan fingerprint density at radius 2 is 2.05 bits per heavy atom. The Bertz CT molecular complexity index is 762. The third-order valence-corrected chi connectivity index (χ3v) is 3.87. The number of aryl methyl sites for hydroxylation is 1. The molecular formula is C12H11N4O2S-.